The monoisotopic (exact) mass is 396 g/mol. The van der Waals surface area contributed by atoms with Crippen molar-refractivity contribution in [1.82, 2.24) is 4.90 Å². The van der Waals surface area contributed by atoms with Crippen LogP contribution in [0.1, 0.15) is 6.42 Å². The number of nitrogens with zero attached hydrogens (tertiary/aromatic N) is 2. The van der Waals surface area contributed by atoms with E-state index in [9.17, 15) is 9.59 Å². The Morgan fingerprint density at radius 3 is 2.71 bits per heavy atom. The summed E-state index contributed by atoms with van der Waals surface area (Å²) in [5.41, 5.74) is 0.807. The number of anilines is 1. The predicted molar refractivity (Wildman–Crippen MR) is 96.0 cm³/mol. The number of likely N-dealkylation sites (tertiary alicyclic amines) is 1. The van der Waals surface area contributed by atoms with Crippen LogP contribution in [-0.4, -0.2) is 54.7 Å². The number of benzene rings is 1. The van der Waals surface area contributed by atoms with Crippen molar-refractivity contribution in [2.75, 3.05) is 37.7 Å². The van der Waals surface area contributed by atoms with E-state index < -0.39 is 11.9 Å². The van der Waals surface area contributed by atoms with Crippen molar-refractivity contribution in [3.63, 3.8) is 0 Å². The fourth-order valence-corrected chi connectivity index (χ4v) is 3.03. The summed E-state index contributed by atoms with van der Waals surface area (Å²) >= 11 is 6.02. The second kappa shape index (κ2) is 8.65. The number of carboxylic acid groups (broad SMARTS) is 1. The molecule has 9 heteroatoms. The molecule has 0 aromatic heterocycles. The van der Waals surface area contributed by atoms with E-state index in [0.717, 1.165) is 5.69 Å². The third-order valence-electron chi connectivity index (χ3n) is 4.10. The van der Waals surface area contributed by atoms with Gasteiger partial charge in [0.1, 0.15) is 12.4 Å². The molecule has 1 aromatic rings. The van der Waals surface area contributed by atoms with E-state index in [4.69, 9.17) is 21.4 Å². The van der Waals surface area contributed by atoms with Gasteiger partial charge in [0.05, 0.1) is 24.7 Å². The predicted octanol–water partition coefficient (Wildman–Crippen LogP) is 2.32. The first-order valence-electron chi connectivity index (χ1n) is 7.22. The number of rotatable bonds is 3. The highest BCUT2D eigenvalue weighted by Gasteiger charge is 2.32. The SMILES string of the molecule is Cl.Cl.O=C(O)C1CCN(C(=O)CN2CCOc3ccc(Cl)cc32)C1. The normalized spacial score (nSPS) is 18.8. The van der Waals surface area contributed by atoms with Crippen LogP contribution in [0.5, 0.6) is 5.75 Å². The number of amides is 1. The van der Waals surface area contributed by atoms with Crippen molar-refractivity contribution in [3.8, 4) is 5.75 Å². The second-order valence-corrected chi connectivity index (χ2v) is 5.98. The molecule has 2 heterocycles. The van der Waals surface area contributed by atoms with E-state index in [-0.39, 0.29) is 37.3 Å². The molecule has 24 heavy (non-hydrogen) atoms. The maximum Gasteiger partial charge on any atom is 0.308 e. The first kappa shape index (κ1) is 20.7. The summed E-state index contributed by atoms with van der Waals surface area (Å²) in [5, 5.41) is 9.61. The Kier molecular flexibility index (Phi) is 7.45. The highest BCUT2D eigenvalue weighted by molar-refractivity contribution is 6.31. The van der Waals surface area contributed by atoms with Gasteiger partial charge < -0.3 is 19.6 Å². The van der Waals surface area contributed by atoms with Gasteiger partial charge in [-0.15, -0.1) is 24.8 Å². The van der Waals surface area contributed by atoms with Crippen LogP contribution >= 0.6 is 36.4 Å². The number of ether oxygens (including phenoxy) is 1. The first-order chi connectivity index (χ1) is 10.5. The van der Waals surface area contributed by atoms with Gasteiger partial charge >= 0.3 is 5.97 Å². The fourth-order valence-electron chi connectivity index (χ4n) is 2.86. The molecule has 134 valence electrons. The highest BCUT2D eigenvalue weighted by Crippen LogP contribution is 2.34. The molecule has 0 spiro atoms. The maximum atomic E-state index is 12.4. The summed E-state index contributed by atoms with van der Waals surface area (Å²) in [6.45, 7) is 2.13. The third kappa shape index (κ3) is 4.37. The molecule has 1 saturated heterocycles. The lowest BCUT2D eigenvalue weighted by Gasteiger charge is -2.32. The number of hydrogen-bond donors (Lipinski definition) is 1. The molecule has 1 fully saturated rings. The molecule has 6 nitrogen and oxygen atoms in total. The molecular weight excluding hydrogens is 379 g/mol. The van der Waals surface area contributed by atoms with Crippen LogP contribution < -0.4 is 9.64 Å². The second-order valence-electron chi connectivity index (χ2n) is 5.55. The fraction of sp³-hybridized carbons (Fsp3) is 0.467. The topological polar surface area (TPSA) is 70.1 Å². The van der Waals surface area contributed by atoms with Crippen LogP contribution in [-0.2, 0) is 9.59 Å². The van der Waals surface area contributed by atoms with Gasteiger partial charge in [-0.05, 0) is 24.6 Å². The number of aliphatic carboxylic acids is 1. The van der Waals surface area contributed by atoms with Gasteiger partial charge in [0.2, 0.25) is 5.91 Å². The Balaban J connectivity index is 0.00000144. The number of fused-ring (bicyclic) bond motifs is 1. The Morgan fingerprint density at radius 1 is 1.29 bits per heavy atom. The van der Waals surface area contributed by atoms with Crippen molar-refractivity contribution in [3.05, 3.63) is 23.2 Å². The molecule has 1 amide bonds. The average Bonchev–Trinajstić information content (AvgIpc) is 2.98. The number of halogens is 3. The van der Waals surface area contributed by atoms with Gasteiger partial charge in [-0.2, -0.15) is 0 Å². The van der Waals surface area contributed by atoms with Crippen molar-refractivity contribution in [2.24, 2.45) is 5.92 Å². The van der Waals surface area contributed by atoms with Gasteiger partial charge in [0, 0.05) is 18.1 Å². The first-order valence-corrected chi connectivity index (χ1v) is 7.60. The third-order valence-corrected chi connectivity index (χ3v) is 4.33. The van der Waals surface area contributed by atoms with Gasteiger partial charge in [-0.3, -0.25) is 9.59 Å². The number of carboxylic acids is 1. The average molecular weight is 398 g/mol. The zero-order chi connectivity index (χ0) is 15.7. The Hall–Kier alpha value is -1.37. The van der Waals surface area contributed by atoms with Crippen LogP contribution in [0.15, 0.2) is 18.2 Å². The molecule has 1 unspecified atom stereocenters. The minimum Gasteiger partial charge on any atom is -0.490 e. The molecule has 0 bridgehead atoms. The molecule has 3 rings (SSSR count). The van der Waals surface area contributed by atoms with Crippen LogP contribution in [0.3, 0.4) is 0 Å². The molecule has 0 radical (unpaired) electrons. The summed E-state index contributed by atoms with van der Waals surface area (Å²) in [7, 11) is 0. The minimum atomic E-state index is -0.834. The lowest BCUT2D eigenvalue weighted by molar-refractivity contribution is -0.141. The standard InChI is InChI=1S/C15H17ClN2O4.2ClH/c16-11-1-2-13-12(7-11)17(5-6-22-13)9-14(19)18-4-3-10(8-18)15(20)21;;/h1-2,7,10H,3-6,8-9H2,(H,20,21);2*1H. The van der Waals surface area contributed by atoms with Crippen molar-refractivity contribution >= 4 is 54.0 Å². The largest absolute Gasteiger partial charge is 0.490 e. The maximum absolute atomic E-state index is 12.4. The van der Waals surface area contributed by atoms with Gasteiger partial charge in [0.25, 0.3) is 0 Å². The van der Waals surface area contributed by atoms with Crippen molar-refractivity contribution in [1.29, 1.82) is 0 Å². The van der Waals surface area contributed by atoms with Crippen molar-refractivity contribution in [2.45, 2.75) is 6.42 Å². The quantitative estimate of drug-likeness (QED) is 0.847. The van der Waals surface area contributed by atoms with Crippen LogP contribution in [0.2, 0.25) is 5.02 Å². The zero-order valence-corrected chi connectivity index (χ0v) is 15.2. The van der Waals surface area contributed by atoms with E-state index in [2.05, 4.69) is 0 Å². The molecule has 1 atom stereocenters. The van der Waals surface area contributed by atoms with Gasteiger partial charge in [0.15, 0.2) is 0 Å². The number of carbonyl (C=O) groups is 2. The number of hydrogen-bond acceptors (Lipinski definition) is 4. The van der Waals surface area contributed by atoms with Gasteiger partial charge in [-0.25, -0.2) is 0 Å². The van der Waals surface area contributed by atoms with E-state index >= 15 is 0 Å². The molecule has 1 aromatic carbocycles. The van der Waals surface area contributed by atoms with Crippen LogP contribution in [0.25, 0.3) is 0 Å². The summed E-state index contributed by atoms with van der Waals surface area (Å²) in [5.74, 6) is -0.626. The van der Waals surface area contributed by atoms with E-state index in [1.165, 1.54) is 0 Å². The smallest absolute Gasteiger partial charge is 0.308 e. The molecule has 2 aliphatic rings. The van der Waals surface area contributed by atoms with Crippen LogP contribution in [0.4, 0.5) is 5.69 Å². The van der Waals surface area contributed by atoms with Crippen LogP contribution in [0, 0.1) is 5.92 Å². The summed E-state index contributed by atoms with van der Waals surface area (Å²) < 4.78 is 5.56. The van der Waals surface area contributed by atoms with E-state index in [0.29, 0.717) is 43.4 Å². The summed E-state index contributed by atoms with van der Waals surface area (Å²) in [6, 6.07) is 5.33. The minimum absolute atomic E-state index is 0. The highest BCUT2D eigenvalue weighted by atomic mass is 35.5. The zero-order valence-electron chi connectivity index (χ0n) is 12.8. The Bertz CT molecular complexity index is 614. The Morgan fingerprint density at radius 2 is 2.04 bits per heavy atom. The molecule has 0 aliphatic carbocycles. The van der Waals surface area contributed by atoms with E-state index in [1.54, 1.807) is 23.1 Å². The Labute approximate surface area is 157 Å². The number of carbonyl (C=O) groups excluding carboxylic acids is 1. The van der Waals surface area contributed by atoms with E-state index in [1.807, 2.05) is 4.90 Å². The van der Waals surface area contributed by atoms with Crippen molar-refractivity contribution < 1.29 is 19.4 Å². The molecule has 2 aliphatic heterocycles. The molecule has 0 saturated carbocycles. The molecular formula is C15H19Cl3N2O4. The van der Waals surface area contributed by atoms with Gasteiger partial charge in [-0.1, -0.05) is 11.6 Å². The lowest BCUT2D eigenvalue weighted by Crippen LogP contribution is -2.42. The molecule has 1 N–H and O–H groups in total. The lowest BCUT2D eigenvalue weighted by atomic mass is 10.1. The summed E-state index contributed by atoms with van der Waals surface area (Å²) in [4.78, 5) is 26.9. The summed E-state index contributed by atoms with van der Waals surface area (Å²) in [6.07, 6.45) is 0.520.